The van der Waals surface area contributed by atoms with Gasteiger partial charge in [-0.25, -0.2) is 0 Å². The Hall–Kier alpha value is -2.69. The van der Waals surface area contributed by atoms with Gasteiger partial charge in [0, 0.05) is 6.07 Å². The lowest BCUT2D eigenvalue weighted by molar-refractivity contribution is 0.0944. The molecule has 2 aromatic carbocycles. The van der Waals surface area contributed by atoms with Gasteiger partial charge in [0.25, 0.3) is 5.91 Å². The van der Waals surface area contributed by atoms with E-state index in [-0.39, 0.29) is 17.2 Å². The Kier molecular flexibility index (Phi) is 5.25. The van der Waals surface area contributed by atoms with Crippen LogP contribution < -0.4 is 14.8 Å². The molecule has 1 amide bonds. The van der Waals surface area contributed by atoms with E-state index in [1.165, 1.54) is 19.2 Å². The van der Waals surface area contributed by atoms with Gasteiger partial charge in [-0.3, -0.25) is 4.79 Å². The predicted octanol–water partition coefficient (Wildman–Crippen LogP) is 2.52. The van der Waals surface area contributed by atoms with Gasteiger partial charge in [0.1, 0.15) is 23.9 Å². The SMILES string of the molecule is COc1ccc(C(=O)NCCOc2ccccc2C)c(O)c1. The van der Waals surface area contributed by atoms with Gasteiger partial charge in [0.05, 0.1) is 19.2 Å². The fraction of sp³-hybridized carbons (Fsp3) is 0.235. The number of benzene rings is 2. The van der Waals surface area contributed by atoms with Gasteiger partial charge < -0.3 is 19.9 Å². The molecule has 0 radical (unpaired) electrons. The van der Waals surface area contributed by atoms with Crippen molar-refractivity contribution in [1.29, 1.82) is 0 Å². The predicted molar refractivity (Wildman–Crippen MR) is 83.7 cm³/mol. The number of hydrogen-bond donors (Lipinski definition) is 2. The van der Waals surface area contributed by atoms with Gasteiger partial charge in [0.2, 0.25) is 0 Å². The van der Waals surface area contributed by atoms with Gasteiger partial charge in [-0.15, -0.1) is 0 Å². The van der Waals surface area contributed by atoms with Crippen LogP contribution in [-0.4, -0.2) is 31.3 Å². The molecule has 2 rings (SSSR count). The second-order valence-corrected chi connectivity index (χ2v) is 4.75. The third-order valence-electron chi connectivity index (χ3n) is 3.19. The Labute approximate surface area is 129 Å². The highest BCUT2D eigenvalue weighted by Crippen LogP contribution is 2.23. The van der Waals surface area contributed by atoms with Crippen molar-refractivity contribution in [2.75, 3.05) is 20.3 Å². The van der Waals surface area contributed by atoms with Crippen molar-refractivity contribution in [3.05, 3.63) is 53.6 Å². The van der Waals surface area contributed by atoms with E-state index in [9.17, 15) is 9.90 Å². The van der Waals surface area contributed by atoms with Crippen molar-refractivity contribution in [3.63, 3.8) is 0 Å². The summed E-state index contributed by atoms with van der Waals surface area (Å²) >= 11 is 0. The first kappa shape index (κ1) is 15.7. The summed E-state index contributed by atoms with van der Waals surface area (Å²) in [6, 6.07) is 12.2. The normalized spacial score (nSPS) is 10.1. The first-order valence-corrected chi connectivity index (χ1v) is 6.95. The van der Waals surface area contributed by atoms with Crippen LogP contribution in [0.3, 0.4) is 0 Å². The van der Waals surface area contributed by atoms with Crippen LogP contribution >= 0.6 is 0 Å². The van der Waals surface area contributed by atoms with E-state index < -0.39 is 0 Å². The molecule has 0 unspecified atom stereocenters. The number of carbonyl (C=O) groups excluding carboxylic acids is 1. The van der Waals surface area contributed by atoms with Crippen molar-refractivity contribution in [2.45, 2.75) is 6.92 Å². The second kappa shape index (κ2) is 7.36. The van der Waals surface area contributed by atoms with Crippen LogP contribution in [0.25, 0.3) is 0 Å². The second-order valence-electron chi connectivity index (χ2n) is 4.75. The summed E-state index contributed by atoms with van der Waals surface area (Å²) in [6.07, 6.45) is 0. The minimum absolute atomic E-state index is 0.114. The van der Waals surface area contributed by atoms with Crippen LogP contribution in [0.5, 0.6) is 17.2 Å². The highest BCUT2D eigenvalue weighted by molar-refractivity contribution is 5.96. The number of aromatic hydroxyl groups is 1. The number of phenolic OH excluding ortho intramolecular Hbond substituents is 1. The topological polar surface area (TPSA) is 67.8 Å². The number of phenols is 1. The molecule has 0 saturated heterocycles. The lowest BCUT2D eigenvalue weighted by atomic mass is 10.2. The monoisotopic (exact) mass is 301 g/mol. The van der Waals surface area contributed by atoms with E-state index in [0.717, 1.165) is 11.3 Å². The van der Waals surface area contributed by atoms with Crippen LogP contribution in [0.2, 0.25) is 0 Å². The number of methoxy groups -OCH3 is 1. The number of nitrogens with one attached hydrogen (secondary N) is 1. The first-order chi connectivity index (χ1) is 10.6. The zero-order valence-electron chi connectivity index (χ0n) is 12.6. The van der Waals surface area contributed by atoms with Crippen molar-refractivity contribution in [2.24, 2.45) is 0 Å². The van der Waals surface area contributed by atoms with Crippen LogP contribution in [0.1, 0.15) is 15.9 Å². The first-order valence-electron chi connectivity index (χ1n) is 6.95. The zero-order chi connectivity index (χ0) is 15.9. The van der Waals surface area contributed by atoms with Crippen LogP contribution in [0, 0.1) is 6.92 Å². The maximum atomic E-state index is 12.0. The largest absolute Gasteiger partial charge is 0.507 e. The third-order valence-corrected chi connectivity index (χ3v) is 3.19. The van der Waals surface area contributed by atoms with E-state index in [4.69, 9.17) is 9.47 Å². The van der Waals surface area contributed by atoms with Gasteiger partial charge in [-0.1, -0.05) is 18.2 Å². The zero-order valence-corrected chi connectivity index (χ0v) is 12.6. The lowest BCUT2D eigenvalue weighted by Crippen LogP contribution is -2.28. The third kappa shape index (κ3) is 3.91. The number of amides is 1. The molecular weight excluding hydrogens is 282 g/mol. The summed E-state index contributed by atoms with van der Waals surface area (Å²) in [5.41, 5.74) is 1.25. The summed E-state index contributed by atoms with van der Waals surface area (Å²) < 4.78 is 10.6. The molecule has 5 nitrogen and oxygen atoms in total. The lowest BCUT2D eigenvalue weighted by Gasteiger charge is -2.10. The number of hydrogen-bond acceptors (Lipinski definition) is 4. The molecule has 0 aliphatic heterocycles. The molecule has 116 valence electrons. The molecule has 0 fully saturated rings. The van der Waals surface area contributed by atoms with Gasteiger partial charge in [-0.05, 0) is 30.7 Å². The van der Waals surface area contributed by atoms with Crippen LogP contribution in [0.15, 0.2) is 42.5 Å². The molecular formula is C17H19NO4. The molecule has 5 heteroatoms. The Balaban J connectivity index is 1.84. The number of carbonyl (C=O) groups is 1. The molecule has 0 heterocycles. The molecule has 0 aliphatic rings. The van der Waals surface area contributed by atoms with E-state index in [2.05, 4.69) is 5.32 Å². The Morgan fingerprint density at radius 3 is 2.68 bits per heavy atom. The Bertz CT molecular complexity index is 655. The van der Waals surface area contributed by atoms with E-state index in [1.54, 1.807) is 6.07 Å². The molecule has 0 aliphatic carbocycles. The summed E-state index contributed by atoms with van der Waals surface area (Å²) in [4.78, 5) is 12.0. The fourth-order valence-corrected chi connectivity index (χ4v) is 1.97. The van der Waals surface area contributed by atoms with Crippen molar-refractivity contribution in [3.8, 4) is 17.2 Å². The molecule has 0 aromatic heterocycles. The maximum absolute atomic E-state index is 12.0. The summed E-state index contributed by atoms with van der Waals surface area (Å²) in [6.45, 7) is 2.66. The van der Waals surface area contributed by atoms with Gasteiger partial charge >= 0.3 is 0 Å². The average molecular weight is 301 g/mol. The van der Waals surface area contributed by atoms with Crippen LogP contribution in [-0.2, 0) is 0 Å². The standard InChI is InChI=1S/C17H19NO4/c1-12-5-3-4-6-16(12)22-10-9-18-17(20)14-8-7-13(21-2)11-15(14)19/h3-8,11,19H,9-10H2,1-2H3,(H,18,20). The van der Waals surface area contributed by atoms with Crippen molar-refractivity contribution >= 4 is 5.91 Å². The molecule has 2 N–H and O–H groups in total. The quantitative estimate of drug-likeness (QED) is 0.805. The Morgan fingerprint density at radius 1 is 1.23 bits per heavy atom. The summed E-state index contributed by atoms with van der Waals surface area (Å²) in [5, 5.41) is 12.5. The Morgan fingerprint density at radius 2 is 2.00 bits per heavy atom. The number of rotatable bonds is 6. The van der Waals surface area contributed by atoms with Crippen molar-refractivity contribution < 1.29 is 19.4 Å². The molecule has 22 heavy (non-hydrogen) atoms. The molecule has 2 aromatic rings. The smallest absolute Gasteiger partial charge is 0.255 e. The van der Waals surface area contributed by atoms with E-state index in [0.29, 0.717) is 18.9 Å². The van der Waals surface area contributed by atoms with E-state index in [1.807, 2.05) is 31.2 Å². The van der Waals surface area contributed by atoms with Crippen LogP contribution in [0.4, 0.5) is 0 Å². The number of aryl methyl sites for hydroxylation is 1. The van der Waals surface area contributed by atoms with Gasteiger partial charge in [0.15, 0.2) is 0 Å². The molecule has 0 bridgehead atoms. The van der Waals surface area contributed by atoms with Gasteiger partial charge in [-0.2, -0.15) is 0 Å². The van der Waals surface area contributed by atoms with Crippen molar-refractivity contribution in [1.82, 2.24) is 5.32 Å². The average Bonchev–Trinajstić information content (AvgIpc) is 2.52. The fourth-order valence-electron chi connectivity index (χ4n) is 1.97. The molecule has 0 atom stereocenters. The number of para-hydroxylation sites is 1. The summed E-state index contributed by atoms with van der Waals surface area (Å²) in [7, 11) is 1.50. The maximum Gasteiger partial charge on any atom is 0.255 e. The highest BCUT2D eigenvalue weighted by Gasteiger charge is 2.11. The highest BCUT2D eigenvalue weighted by atomic mass is 16.5. The molecule has 0 saturated carbocycles. The number of ether oxygens (including phenoxy) is 2. The minimum Gasteiger partial charge on any atom is -0.507 e. The summed E-state index contributed by atoms with van der Waals surface area (Å²) in [5.74, 6) is 0.825. The minimum atomic E-state index is -0.353. The van der Waals surface area contributed by atoms with E-state index >= 15 is 0 Å². The molecule has 0 spiro atoms.